The molecule has 1 aromatic heterocycles. The van der Waals surface area contributed by atoms with E-state index in [1.54, 1.807) is 30.3 Å². The number of benzene rings is 1. The number of carbonyl (C=O) groups is 1. The van der Waals surface area contributed by atoms with Crippen molar-refractivity contribution in [2.45, 2.75) is 26.7 Å². The predicted octanol–water partition coefficient (Wildman–Crippen LogP) is 3.34. The Bertz CT molecular complexity index is 693. The molecule has 20 heavy (non-hydrogen) atoms. The van der Waals surface area contributed by atoms with Crippen molar-refractivity contribution in [3.63, 3.8) is 0 Å². The standard InChI is InChI=1S/C16H16O4/c1-9(2)14-8-13(15(18)16(19)20-14)12-6-4-11(5-7-12)10(3)17/h4-9,18H,1-3H3. The monoisotopic (exact) mass is 272 g/mol. The Morgan fingerprint density at radius 2 is 1.80 bits per heavy atom. The molecule has 4 heteroatoms. The summed E-state index contributed by atoms with van der Waals surface area (Å²) in [5.74, 6) is 0.109. The second-order valence-corrected chi connectivity index (χ2v) is 4.99. The van der Waals surface area contributed by atoms with E-state index in [9.17, 15) is 14.7 Å². The molecular formula is C16H16O4. The van der Waals surface area contributed by atoms with Crippen LogP contribution in [0.3, 0.4) is 0 Å². The first-order valence-corrected chi connectivity index (χ1v) is 6.38. The van der Waals surface area contributed by atoms with Gasteiger partial charge in [-0.05, 0) is 18.6 Å². The predicted molar refractivity (Wildman–Crippen MR) is 76.2 cm³/mol. The summed E-state index contributed by atoms with van der Waals surface area (Å²) >= 11 is 0. The molecule has 1 N–H and O–H groups in total. The van der Waals surface area contributed by atoms with Gasteiger partial charge >= 0.3 is 5.63 Å². The maximum Gasteiger partial charge on any atom is 0.379 e. The van der Waals surface area contributed by atoms with Crippen molar-refractivity contribution in [1.29, 1.82) is 0 Å². The van der Waals surface area contributed by atoms with E-state index in [1.807, 2.05) is 13.8 Å². The maximum atomic E-state index is 11.6. The lowest BCUT2D eigenvalue weighted by Crippen LogP contribution is -2.04. The molecule has 0 unspecified atom stereocenters. The van der Waals surface area contributed by atoms with Crippen LogP contribution in [0.1, 0.15) is 42.8 Å². The molecule has 1 aromatic carbocycles. The number of aromatic hydroxyl groups is 1. The number of ketones is 1. The minimum Gasteiger partial charge on any atom is -0.501 e. The molecule has 0 atom stereocenters. The second-order valence-electron chi connectivity index (χ2n) is 4.99. The SMILES string of the molecule is CC(=O)c1ccc(-c2cc(C(C)C)oc(=O)c2O)cc1. The van der Waals surface area contributed by atoms with Gasteiger partial charge in [-0.2, -0.15) is 0 Å². The lowest BCUT2D eigenvalue weighted by Gasteiger charge is -2.09. The number of carbonyl (C=O) groups excluding carboxylic acids is 1. The van der Waals surface area contributed by atoms with Crippen molar-refractivity contribution < 1.29 is 14.3 Å². The summed E-state index contributed by atoms with van der Waals surface area (Å²) in [5.41, 5.74) is 0.921. The fraction of sp³-hybridized carbons (Fsp3) is 0.250. The van der Waals surface area contributed by atoms with Gasteiger partial charge in [0.05, 0.1) is 0 Å². The van der Waals surface area contributed by atoms with Gasteiger partial charge in [-0.15, -0.1) is 0 Å². The van der Waals surface area contributed by atoms with Crippen LogP contribution in [0.25, 0.3) is 11.1 Å². The van der Waals surface area contributed by atoms with Gasteiger partial charge in [-0.25, -0.2) is 4.79 Å². The highest BCUT2D eigenvalue weighted by Gasteiger charge is 2.14. The van der Waals surface area contributed by atoms with Gasteiger partial charge in [-0.1, -0.05) is 38.1 Å². The Labute approximate surface area is 116 Å². The molecule has 2 rings (SSSR count). The van der Waals surface area contributed by atoms with Crippen LogP contribution in [-0.4, -0.2) is 10.9 Å². The molecule has 2 aromatic rings. The third kappa shape index (κ3) is 2.64. The van der Waals surface area contributed by atoms with Crippen LogP contribution >= 0.6 is 0 Å². The lowest BCUT2D eigenvalue weighted by atomic mass is 10.0. The van der Waals surface area contributed by atoms with E-state index in [0.717, 1.165) is 0 Å². The number of hydrogen-bond donors (Lipinski definition) is 1. The average Bonchev–Trinajstić information content (AvgIpc) is 2.41. The minimum atomic E-state index is -0.748. The van der Waals surface area contributed by atoms with Crippen LogP contribution in [0.15, 0.2) is 39.5 Å². The molecule has 0 aliphatic rings. The third-order valence-electron chi connectivity index (χ3n) is 3.12. The van der Waals surface area contributed by atoms with Gasteiger partial charge in [0.15, 0.2) is 5.78 Å². The van der Waals surface area contributed by atoms with Gasteiger partial charge in [0.2, 0.25) is 5.75 Å². The zero-order valence-corrected chi connectivity index (χ0v) is 11.6. The number of Topliss-reactive ketones (excluding diaryl/α,β-unsaturated/α-hetero) is 1. The van der Waals surface area contributed by atoms with Gasteiger partial charge in [0, 0.05) is 17.0 Å². The van der Waals surface area contributed by atoms with Crippen molar-refractivity contribution in [2.24, 2.45) is 0 Å². The van der Waals surface area contributed by atoms with Crippen LogP contribution in [-0.2, 0) is 0 Å². The summed E-state index contributed by atoms with van der Waals surface area (Å²) in [5, 5.41) is 9.86. The Morgan fingerprint density at radius 1 is 1.20 bits per heavy atom. The minimum absolute atomic E-state index is 0.0313. The highest BCUT2D eigenvalue weighted by atomic mass is 16.4. The van der Waals surface area contributed by atoms with Crippen LogP contribution in [0, 0.1) is 0 Å². The Kier molecular flexibility index (Phi) is 3.74. The highest BCUT2D eigenvalue weighted by Crippen LogP contribution is 2.29. The molecule has 0 saturated heterocycles. The molecule has 104 valence electrons. The van der Waals surface area contributed by atoms with Gasteiger partial charge < -0.3 is 9.52 Å². The van der Waals surface area contributed by atoms with Crippen molar-refractivity contribution >= 4 is 5.78 Å². The van der Waals surface area contributed by atoms with E-state index < -0.39 is 11.4 Å². The van der Waals surface area contributed by atoms with Crippen molar-refractivity contribution in [1.82, 2.24) is 0 Å². The summed E-state index contributed by atoms with van der Waals surface area (Å²) < 4.78 is 5.03. The zero-order chi connectivity index (χ0) is 14.9. The van der Waals surface area contributed by atoms with Gasteiger partial charge in [0.1, 0.15) is 5.76 Å². The van der Waals surface area contributed by atoms with E-state index in [2.05, 4.69) is 0 Å². The quantitative estimate of drug-likeness (QED) is 0.870. The van der Waals surface area contributed by atoms with Gasteiger partial charge in [-0.3, -0.25) is 4.79 Å². The smallest absolute Gasteiger partial charge is 0.379 e. The molecule has 0 saturated carbocycles. The lowest BCUT2D eigenvalue weighted by molar-refractivity contribution is 0.101. The van der Waals surface area contributed by atoms with Crippen LogP contribution in [0.2, 0.25) is 0 Å². The molecule has 4 nitrogen and oxygen atoms in total. The first-order valence-electron chi connectivity index (χ1n) is 6.38. The maximum absolute atomic E-state index is 11.6. The van der Waals surface area contributed by atoms with E-state index in [-0.39, 0.29) is 11.7 Å². The summed E-state index contributed by atoms with van der Waals surface area (Å²) in [6, 6.07) is 8.40. The van der Waals surface area contributed by atoms with E-state index in [0.29, 0.717) is 22.5 Å². The van der Waals surface area contributed by atoms with E-state index in [4.69, 9.17) is 4.42 Å². The highest BCUT2D eigenvalue weighted by molar-refractivity contribution is 5.94. The Morgan fingerprint density at radius 3 is 2.30 bits per heavy atom. The van der Waals surface area contributed by atoms with Crippen LogP contribution < -0.4 is 5.63 Å². The molecule has 0 amide bonds. The van der Waals surface area contributed by atoms with E-state index >= 15 is 0 Å². The first kappa shape index (κ1) is 14.1. The van der Waals surface area contributed by atoms with Crippen molar-refractivity contribution in [3.05, 3.63) is 52.1 Å². The molecule has 1 heterocycles. The summed E-state index contributed by atoms with van der Waals surface area (Å²) in [4.78, 5) is 22.9. The van der Waals surface area contributed by atoms with Crippen LogP contribution in [0.4, 0.5) is 0 Å². The Hall–Kier alpha value is -2.36. The largest absolute Gasteiger partial charge is 0.501 e. The molecule has 0 aliphatic heterocycles. The van der Waals surface area contributed by atoms with Crippen LogP contribution in [0.5, 0.6) is 5.75 Å². The summed E-state index contributed by atoms with van der Waals surface area (Å²) in [7, 11) is 0. The third-order valence-corrected chi connectivity index (χ3v) is 3.12. The summed E-state index contributed by atoms with van der Waals surface area (Å²) in [6.45, 7) is 5.29. The zero-order valence-electron chi connectivity index (χ0n) is 11.6. The fourth-order valence-electron chi connectivity index (χ4n) is 1.89. The molecule has 0 radical (unpaired) electrons. The average molecular weight is 272 g/mol. The number of rotatable bonds is 3. The molecular weight excluding hydrogens is 256 g/mol. The molecule has 0 bridgehead atoms. The Balaban J connectivity index is 2.56. The van der Waals surface area contributed by atoms with Gasteiger partial charge in [0.25, 0.3) is 0 Å². The second kappa shape index (κ2) is 5.33. The number of hydrogen-bond acceptors (Lipinski definition) is 4. The fourth-order valence-corrected chi connectivity index (χ4v) is 1.89. The molecule has 0 spiro atoms. The van der Waals surface area contributed by atoms with Crippen molar-refractivity contribution in [3.8, 4) is 16.9 Å². The first-order chi connectivity index (χ1) is 9.40. The molecule has 0 fully saturated rings. The van der Waals surface area contributed by atoms with Crippen molar-refractivity contribution in [2.75, 3.05) is 0 Å². The topological polar surface area (TPSA) is 67.5 Å². The normalized spacial score (nSPS) is 10.8. The molecule has 0 aliphatic carbocycles. The van der Waals surface area contributed by atoms with E-state index in [1.165, 1.54) is 6.92 Å². The summed E-state index contributed by atoms with van der Waals surface area (Å²) in [6.07, 6.45) is 0.